The summed E-state index contributed by atoms with van der Waals surface area (Å²) >= 11 is 0. The zero-order valence-corrected chi connectivity index (χ0v) is 14.4. The summed E-state index contributed by atoms with van der Waals surface area (Å²) in [5.41, 5.74) is 5.26. The molecule has 0 atom stereocenters. The number of carbonyl (C=O) groups excluding carboxylic acids is 2. The van der Waals surface area contributed by atoms with Gasteiger partial charge in [-0.1, -0.05) is 26.2 Å². The van der Waals surface area contributed by atoms with E-state index in [2.05, 4.69) is 17.8 Å². The van der Waals surface area contributed by atoms with Crippen molar-refractivity contribution < 1.29 is 19.1 Å². The van der Waals surface area contributed by atoms with Crippen LogP contribution in [0.5, 0.6) is 11.5 Å². The number of carbonyl (C=O) groups is 2. The minimum absolute atomic E-state index is 0.0447. The fraction of sp³-hybridized carbons (Fsp3) is 0.556. The smallest absolute Gasteiger partial charge is 0.269 e. The van der Waals surface area contributed by atoms with E-state index in [1.54, 1.807) is 18.2 Å². The van der Waals surface area contributed by atoms with E-state index in [1.165, 1.54) is 20.0 Å². The third kappa shape index (κ3) is 5.44. The Hall–Kier alpha value is -2.24. The van der Waals surface area contributed by atoms with Crippen molar-refractivity contribution in [3.8, 4) is 11.5 Å². The Kier molecular flexibility index (Phi) is 6.90. The Labute approximate surface area is 142 Å². The first-order valence-corrected chi connectivity index (χ1v) is 8.56. The predicted octanol–water partition coefficient (Wildman–Crippen LogP) is 2.83. The molecule has 6 heteroatoms. The highest BCUT2D eigenvalue weighted by Gasteiger charge is 2.29. The molecular weight excluding hydrogens is 308 g/mol. The second-order valence-corrected chi connectivity index (χ2v) is 5.99. The first kappa shape index (κ1) is 18.1. The largest absolute Gasteiger partial charge is 0.493 e. The summed E-state index contributed by atoms with van der Waals surface area (Å²) in [4.78, 5) is 23.6. The van der Waals surface area contributed by atoms with Crippen LogP contribution in [0, 0.1) is 5.92 Å². The summed E-state index contributed by atoms with van der Waals surface area (Å²) in [6.45, 7) is 2.79. The van der Waals surface area contributed by atoms with E-state index in [0.717, 1.165) is 25.7 Å². The molecule has 2 amide bonds. The number of hydrogen-bond donors (Lipinski definition) is 2. The number of methoxy groups -OCH3 is 1. The van der Waals surface area contributed by atoms with Gasteiger partial charge in [-0.15, -0.1) is 0 Å². The molecule has 2 N–H and O–H groups in total. The van der Waals surface area contributed by atoms with Crippen LogP contribution in [-0.2, 0) is 4.79 Å². The normalized spacial score (nSPS) is 13.2. The summed E-state index contributed by atoms with van der Waals surface area (Å²) < 4.78 is 11.0. The highest BCUT2D eigenvalue weighted by Crippen LogP contribution is 2.29. The molecule has 1 aromatic rings. The first-order valence-electron chi connectivity index (χ1n) is 8.56. The molecule has 0 heterocycles. The topological polar surface area (TPSA) is 76.7 Å². The number of hydrogen-bond acceptors (Lipinski definition) is 4. The van der Waals surface area contributed by atoms with Crippen LogP contribution >= 0.6 is 0 Å². The molecule has 1 aliphatic rings. The molecule has 0 radical (unpaired) electrons. The SMILES string of the molecule is CCCCCCOc1ccc(C(=O)NNC(=O)C2CC2)cc1OC. The number of unbranched alkanes of at least 4 members (excludes halogenated alkanes) is 3. The van der Waals surface area contributed by atoms with Crippen LogP contribution < -0.4 is 20.3 Å². The Morgan fingerprint density at radius 1 is 1.12 bits per heavy atom. The Morgan fingerprint density at radius 3 is 2.58 bits per heavy atom. The first-order chi connectivity index (χ1) is 11.7. The molecule has 0 spiro atoms. The Balaban J connectivity index is 1.86. The fourth-order valence-electron chi connectivity index (χ4n) is 2.28. The van der Waals surface area contributed by atoms with Crippen molar-refractivity contribution >= 4 is 11.8 Å². The molecule has 1 saturated carbocycles. The van der Waals surface area contributed by atoms with Crippen molar-refractivity contribution in [2.24, 2.45) is 5.92 Å². The van der Waals surface area contributed by atoms with Gasteiger partial charge in [0.25, 0.3) is 5.91 Å². The van der Waals surface area contributed by atoms with Gasteiger partial charge < -0.3 is 9.47 Å². The summed E-state index contributed by atoms with van der Waals surface area (Å²) in [6, 6.07) is 4.98. The standard InChI is InChI=1S/C18H26N2O4/c1-3-4-5-6-11-24-15-10-9-14(12-16(15)23-2)18(22)20-19-17(21)13-7-8-13/h9-10,12-13H,3-8,11H2,1-2H3,(H,19,21)(H,20,22). The van der Waals surface area contributed by atoms with Crippen LogP contribution in [0.15, 0.2) is 18.2 Å². The maximum absolute atomic E-state index is 12.1. The van der Waals surface area contributed by atoms with Gasteiger partial charge in [0, 0.05) is 11.5 Å². The molecule has 0 saturated heterocycles. The number of rotatable bonds is 9. The molecule has 0 unspecified atom stereocenters. The van der Waals surface area contributed by atoms with Crippen molar-refractivity contribution in [3.63, 3.8) is 0 Å². The molecule has 0 aliphatic heterocycles. The van der Waals surface area contributed by atoms with Gasteiger partial charge in [-0.3, -0.25) is 20.4 Å². The summed E-state index contributed by atoms with van der Waals surface area (Å²) in [5.74, 6) is 0.654. The Morgan fingerprint density at radius 2 is 1.92 bits per heavy atom. The highest BCUT2D eigenvalue weighted by molar-refractivity contribution is 5.96. The molecule has 1 fully saturated rings. The number of benzene rings is 1. The quantitative estimate of drug-likeness (QED) is 0.538. The van der Waals surface area contributed by atoms with Crippen LogP contribution in [0.3, 0.4) is 0 Å². The number of amides is 2. The molecular formula is C18H26N2O4. The highest BCUT2D eigenvalue weighted by atomic mass is 16.5. The second kappa shape index (κ2) is 9.15. The average molecular weight is 334 g/mol. The van der Waals surface area contributed by atoms with Crippen molar-refractivity contribution in [1.29, 1.82) is 0 Å². The second-order valence-electron chi connectivity index (χ2n) is 5.99. The van der Waals surface area contributed by atoms with Crippen LogP contribution in [0.2, 0.25) is 0 Å². The number of nitrogens with one attached hydrogen (secondary N) is 2. The van der Waals surface area contributed by atoms with Crippen LogP contribution in [-0.4, -0.2) is 25.5 Å². The molecule has 1 aromatic carbocycles. The van der Waals surface area contributed by atoms with E-state index >= 15 is 0 Å². The molecule has 24 heavy (non-hydrogen) atoms. The zero-order valence-electron chi connectivity index (χ0n) is 14.4. The number of hydrazine groups is 1. The predicted molar refractivity (Wildman–Crippen MR) is 91.0 cm³/mol. The van der Waals surface area contributed by atoms with Crippen molar-refractivity contribution in [3.05, 3.63) is 23.8 Å². The fourth-order valence-corrected chi connectivity index (χ4v) is 2.28. The van der Waals surface area contributed by atoms with Crippen LogP contribution in [0.1, 0.15) is 55.8 Å². The van der Waals surface area contributed by atoms with Gasteiger partial charge in [0.2, 0.25) is 5.91 Å². The van der Waals surface area contributed by atoms with Crippen molar-refractivity contribution in [2.45, 2.75) is 45.4 Å². The zero-order chi connectivity index (χ0) is 17.4. The lowest BCUT2D eigenvalue weighted by Crippen LogP contribution is -2.42. The van der Waals surface area contributed by atoms with Gasteiger partial charge in [-0.2, -0.15) is 0 Å². The monoisotopic (exact) mass is 334 g/mol. The number of ether oxygens (including phenoxy) is 2. The lowest BCUT2D eigenvalue weighted by Gasteiger charge is -2.12. The lowest BCUT2D eigenvalue weighted by molar-refractivity contribution is -0.123. The van der Waals surface area contributed by atoms with Gasteiger partial charge in [-0.25, -0.2) is 0 Å². The van der Waals surface area contributed by atoms with Gasteiger partial charge in [0.1, 0.15) is 0 Å². The van der Waals surface area contributed by atoms with E-state index in [0.29, 0.717) is 23.7 Å². The van der Waals surface area contributed by atoms with Gasteiger partial charge >= 0.3 is 0 Å². The summed E-state index contributed by atoms with van der Waals surface area (Å²) in [7, 11) is 1.54. The minimum atomic E-state index is -0.378. The summed E-state index contributed by atoms with van der Waals surface area (Å²) in [5, 5.41) is 0. The average Bonchev–Trinajstić information content (AvgIpc) is 3.44. The van der Waals surface area contributed by atoms with Gasteiger partial charge in [0.15, 0.2) is 11.5 Å². The lowest BCUT2D eigenvalue weighted by atomic mass is 10.2. The van der Waals surface area contributed by atoms with Crippen molar-refractivity contribution in [1.82, 2.24) is 10.9 Å². The molecule has 1 aliphatic carbocycles. The minimum Gasteiger partial charge on any atom is -0.493 e. The van der Waals surface area contributed by atoms with Crippen molar-refractivity contribution in [2.75, 3.05) is 13.7 Å². The Bertz CT molecular complexity index is 570. The third-order valence-electron chi connectivity index (χ3n) is 3.93. The van der Waals surface area contributed by atoms with E-state index in [9.17, 15) is 9.59 Å². The van der Waals surface area contributed by atoms with E-state index in [1.807, 2.05) is 0 Å². The maximum atomic E-state index is 12.1. The van der Waals surface area contributed by atoms with Gasteiger partial charge in [-0.05, 0) is 37.5 Å². The molecule has 2 rings (SSSR count). The summed E-state index contributed by atoms with van der Waals surface area (Å²) in [6.07, 6.45) is 6.29. The molecule has 0 bridgehead atoms. The van der Waals surface area contributed by atoms with Gasteiger partial charge in [0.05, 0.1) is 13.7 Å². The van der Waals surface area contributed by atoms with E-state index < -0.39 is 0 Å². The molecule has 6 nitrogen and oxygen atoms in total. The van der Waals surface area contributed by atoms with E-state index in [-0.39, 0.29) is 17.7 Å². The van der Waals surface area contributed by atoms with E-state index in [4.69, 9.17) is 9.47 Å². The molecule has 132 valence electrons. The maximum Gasteiger partial charge on any atom is 0.269 e. The molecule has 0 aromatic heterocycles. The van der Waals surface area contributed by atoms with Crippen LogP contribution in [0.25, 0.3) is 0 Å². The van der Waals surface area contributed by atoms with Crippen LogP contribution in [0.4, 0.5) is 0 Å². The third-order valence-corrected chi connectivity index (χ3v) is 3.93.